The second-order valence-corrected chi connectivity index (χ2v) is 5.13. The summed E-state index contributed by atoms with van der Waals surface area (Å²) in [4.78, 5) is 22.2. The monoisotopic (exact) mass is 245 g/mol. The number of aliphatic carboxylic acids is 1. The highest BCUT2D eigenvalue weighted by atomic mass is 16.6. The van der Waals surface area contributed by atoms with E-state index in [0.717, 1.165) is 0 Å². The summed E-state index contributed by atoms with van der Waals surface area (Å²) in [5, 5.41) is 11.5. The molecule has 2 N–H and O–H groups in total. The summed E-state index contributed by atoms with van der Waals surface area (Å²) in [5.74, 6) is -1.64. The molecule has 1 rings (SSSR count). The van der Waals surface area contributed by atoms with Gasteiger partial charge in [0.15, 0.2) is 0 Å². The van der Waals surface area contributed by atoms with Crippen LogP contribution in [0.4, 0.5) is 4.79 Å². The van der Waals surface area contributed by atoms with E-state index in [9.17, 15) is 9.59 Å². The third kappa shape index (κ3) is 4.60. The van der Waals surface area contributed by atoms with Crippen LogP contribution in [0.1, 0.15) is 20.8 Å². The van der Waals surface area contributed by atoms with Gasteiger partial charge in [0.2, 0.25) is 0 Å². The first-order chi connectivity index (χ1) is 7.79. The fraction of sp³-hybridized carbons (Fsp3) is 0.818. The minimum atomic E-state index is -0.890. The summed E-state index contributed by atoms with van der Waals surface area (Å²) in [6, 6.07) is 0. The lowest BCUT2D eigenvalue weighted by atomic mass is 9.96. The zero-order valence-electron chi connectivity index (χ0n) is 10.4. The zero-order valence-corrected chi connectivity index (χ0v) is 10.4. The maximum absolute atomic E-state index is 11.4. The number of amides is 1. The van der Waals surface area contributed by atoms with Crippen LogP contribution in [0.2, 0.25) is 0 Å². The van der Waals surface area contributed by atoms with Gasteiger partial charge in [0.25, 0.3) is 0 Å². The first-order valence-electron chi connectivity index (χ1n) is 5.57. The molecule has 2 atom stereocenters. The molecule has 0 bridgehead atoms. The van der Waals surface area contributed by atoms with E-state index in [0.29, 0.717) is 6.61 Å². The molecule has 1 saturated heterocycles. The number of carbonyl (C=O) groups excluding carboxylic acids is 1. The molecule has 6 nitrogen and oxygen atoms in total. The topological polar surface area (TPSA) is 84.9 Å². The lowest BCUT2D eigenvalue weighted by Crippen LogP contribution is -2.38. The Labute approximate surface area is 100 Å². The van der Waals surface area contributed by atoms with Crippen LogP contribution in [-0.4, -0.2) is 42.5 Å². The fourth-order valence-corrected chi connectivity index (χ4v) is 1.60. The van der Waals surface area contributed by atoms with Crippen molar-refractivity contribution in [2.45, 2.75) is 26.4 Å². The Balaban J connectivity index is 2.35. The molecule has 1 amide bonds. The fourth-order valence-electron chi connectivity index (χ4n) is 1.60. The smallest absolute Gasteiger partial charge is 0.407 e. The quantitative estimate of drug-likeness (QED) is 0.770. The van der Waals surface area contributed by atoms with Crippen LogP contribution >= 0.6 is 0 Å². The highest BCUT2D eigenvalue weighted by Gasteiger charge is 2.34. The molecule has 0 radical (unpaired) electrons. The summed E-state index contributed by atoms with van der Waals surface area (Å²) < 4.78 is 10.1. The van der Waals surface area contributed by atoms with Crippen LogP contribution in [0, 0.1) is 11.8 Å². The number of carboxylic acids is 1. The van der Waals surface area contributed by atoms with Crippen molar-refractivity contribution in [2.24, 2.45) is 11.8 Å². The van der Waals surface area contributed by atoms with Crippen LogP contribution in [0.15, 0.2) is 0 Å². The maximum Gasteiger partial charge on any atom is 0.407 e. The lowest BCUT2D eigenvalue weighted by molar-refractivity contribution is -0.142. The molecule has 98 valence electrons. The molecule has 0 aromatic heterocycles. The van der Waals surface area contributed by atoms with E-state index in [1.165, 1.54) is 0 Å². The van der Waals surface area contributed by atoms with Crippen molar-refractivity contribution < 1.29 is 24.2 Å². The van der Waals surface area contributed by atoms with Crippen LogP contribution < -0.4 is 5.32 Å². The number of hydrogen-bond acceptors (Lipinski definition) is 4. The van der Waals surface area contributed by atoms with Gasteiger partial charge in [-0.05, 0) is 20.8 Å². The summed E-state index contributed by atoms with van der Waals surface area (Å²) in [6.07, 6.45) is -0.534. The van der Waals surface area contributed by atoms with Gasteiger partial charge in [0.1, 0.15) is 5.60 Å². The largest absolute Gasteiger partial charge is 0.481 e. The van der Waals surface area contributed by atoms with E-state index in [-0.39, 0.29) is 19.1 Å². The molecule has 0 aromatic carbocycles. The van der Waals surface area contributed by atoms with E-state index < -0.39 is 23.6 Å². The predicted molar refractivity (Wildman–Crippen MR) is 59.7 cm³/mol. The second kappa shape index (κ2) is 5.35. The standard InChI is InChI=1S/C11H19NO5/c1-11(2,3)17-10(15)12-4-7-5-16-6-8(7)9(13)14/h7-8H,4-6H2,1-3H3,(H,12,15)(H,13,14)/t7-,8+/m1/s1. The van der Waals surface area contributed by atoms with Gasteiger partial charge in [-0.3, -0.25) is 4.79 Å². The Morgan fingerprint density at radius 3 is 2.59 bits per heavy atom. The first kappa shape index (κ1) is 13.8. The van der Waals surface area contributed by atoms with Crippen LogP contribution in [0.3, 0.4) is 0 Å². The molecule has 1 heterocycles. The second-order valence-electron chi connectivity index (χ2n) is 5.13. The molecule has 0 aliphatic carbocycles. The van der Waals surface area contributed by atoms with Gasteiger partial charge >= 0.3 is 12.1 Å². The number of carboxylic acid groups (broad SMARTS) is 1. The lowest BCUT2D eigenvalue weighted by Gasteiger charge is -2.21. The van der Waals surface area contributed by atoms with E-state index in [1.54, 1.807) is 20.8 Å². The Bertz CT molecular complexity index is 297. The van der Waals surface area contributed by atoms with Gasteiger partial charge in [-0.1, -0.05) is 0 Å². The average molecular weight is 245 g/mol. The van der Waals surface area contributed by atoms with E-state index in [2.05, 4.69) is 5.32 Å². The van der Waals surface area contributed by atoms with Crippen molar-refractivity contribution in [3.63, 3.8) is 0 Å². The van der Waals surface area contributed by atoms with Gasteiger partial charge < -0.3 is 19.9 Å². The molecular formula is C11H19NO5. The Morgan fingerprint density at radius 1 is 1.41 bits per heavy atom. The molecule has 0 aromatic rings. The van der Waals surface area contributed by atoms with E-state index in [4.69, 9.17) is 14.6 Å². The zero-order chi connectivity index (χ0) is 13.1. The van der Waals surface area contributed by atoms with Crippen molar-refractivity contribution in [2.75, 3.05) is 19.8 Å². The number of carbonyl (C=O) groups is 2. The molecule has 0 saturated carbocycles. The van der Waals surface area contributed by atoms with Gasteiger partial charge in [-0.2, -0.15) is 0 Å². The van der Waals surface area contributed by atoms with E-state index in [1.807, 2.05) is 0 Å². The molecule has 1 aliphatic heterocycles. The van der Waals surface area contributed by atoms with Crippen molar-refractivity contribution in [3.05, 3.63) is 0 Å². The summed E-state index contributed by atoms with van der Waals surface area (Å²) >= 11 is 0. The maximum atomic E-state index is 11.4. The minimum Gasteiger partial charge on any atom is -0.481 e. The number of ether oxygens (including phenoxy) is 2. The minimum absolute atomic E-state index is 0.194. The van der Waals surface area contributed by atoms with Crippen molar-refractivity contribution in [1.29, 1.82) is 0 Å². The van der Waals surface area contributed by atoms with Gasteiger partial charge in [0.05, 0.1) is 19.1 Å². The Kier molecular flexibility index (Phi) is 4.34. The normalized spacial score (nSPS) is 24.4. The van der Waals surface area contributed by atoms with Gasteiger partial charge in [-0.25, -0.2) is 4.79 Å². The molecule has 0 unspecified atom stereocenters. The van der Waals surface area contributed by atoms with E-state index >= 15 is 0 Å². The van der Waals surface area contributed by atoms with Crippen molar-refractivity contribution in [3.8, 4) is 0 Å². The number of hydrogen-bond donors (Lipinski definition) is 2. The summed E-state index contributed by atoms with van der Waals surface area (Å²) in [5.41, 5.74) is -0.553. The Hall–Kier alpha value is -1.30. The molecule has 0 spiro atoms. The molecule has 1 aliphatic rings. The molecular weight excluding hydrogens is 226 g/mol. The highest BCUT2D eigenvalue weighted by Crippen LogP contribution is 2.20. The van der Waals surface area contributed by atoms with Crippen molar-refractivity contribution in [1.82, 2.24) is 5.32 Å². The predicted octanol–water partition coefficient (Wildman–Crippen LogP) is 0.858. The first-order valence-corrected chi connectivity index (χ1v) is 5.57. The summed E-state index contributed by atoms with van der Waals surface area (Å²) in [7, 11) is 0. The number of rotatable bonds is 3. The van der Waals surface area contributed by atoms with Crippen LogP contribution in [0.25, 0.3) is 0 Å². The third-order valence-corrected chi connectivity index (χ3v) is 2.42. The summed E-state index contributed by atoms with van der Waals surface area (Å²) in [6.45, 7) is 6.12. The van der Waals surface area contributed by atoms with Crippen molar-refractivity contribution >= 4 is 12.1 Å². The average Bonchev–Trinajstić information content (AvgIpc) is 2.59. The Morgan fingerprint density at radius 2 is 2.06 bits per heavy atom. The highest BCUT2D eigenvalue weighted by molar-refractivity contribution is 5.71. The molecule has 6 heteroatoms. The SMILES string of the molecule is CC(C)(C)OC(=O)NC[C@@H]1COC[C@@H]1C(=O)O. The molecule has 17 heavy (non-hydrogen) atoms. The number of alkyl carbamates (subject to hydrolysis) is 1. The molecule has 1 fully saturated rings. The number of nitrogens with one attached hydrogen (secondary N) is 1. The van der Waals surface area contributed by atoms with Crippen LogP contribution in [-0.2, 0) is 14.3 Å². The van der Waals surface area contributed by atoms with Gasteiger partial charge in [0, 0.05) is 12.5 Å². The third-order valence-electron chi connectivity index (χ3n) is 2.42. The van der Waals surface area contributed by atoms with Crippen LogP contribution in [0.5, 0.6) is 0 Å². The van der Waals surface area contributed by atoms with Gasteiger partial charge in [-0.15, -0.1) is 0 Å².